The zero-order valence-corrected chi connectivity index (χ0v) is 17.4. The summed E-state index contributed by atoms with van der Waals surface area (Å²) in [6.07, 6.45) is 3.40. The molecule has 0 saturated heterocycles. The molecule has 29 heavy (non-hydrogen) atoms. The first-order valence-electron chi connectivity index (χ1n) is 8.87. The van der Waals surface area contributed by atoms with E-state index in [-0.39, 0.29) is 4.90 Å². The van der Waals surface area contributed by atoms with Gasteiger partial charge in [-0.3, -0.25) is 4.72 Å². The van der Waals surface area contributed by atoms with Crippen LogP contribution in [0.1, 0.15) is 0 Å². The fourth-order valence-electron chi connectivity index (χ4n) is 3.16. The molecule has 0 saturated carbocycles. The van der Waals surface area contributed by atoms with Gasteiger partial charge in [-0.1, -0.05) is 29.8 Å². The third kappa shape index (κ3) is 3.79. The number of hydrogen-bond donors (Lipinski definition) is 2. The van der Waals surface area contributed by atoms with E-state index in [9.17, 15) is 8.42 Å². The van der Waals surface area contributed by atoms with E-state index < -0.39 is 10.0 Å². The molecule has 8 heteroatoms. The highest BCUT2D eigenvalue weighted by molar-refractivity contribution is 7.92. The fraction of sp³-hybridized carbons (Fsp3) is 0.0952. The molecule has 0 unspecified atom stereocenters. The number of sulfonamides is 1. The van der Waals surface area contributed by atoms with Gasteiger partial charge in [-0.05, 0) is 42.0 Å². The first-order valence-corrected chi connectivity index (χ1v) is 10.7. The van der Waals surface area contributed by atoms with Gasteiger partial charge in [-0.2, -0.15) is 0 Å². The molecule has 0 fully saturated rings. The van der Waals surface area contributed by atoms with Crippen molar-refractivity contribution in [2.24, 2.45) is 0 Å². The van der Waals surface area contributed by atoms with Crippen LogP contribution in [-0.4, -0.2) is 32.5 Å². The highest BCUT2D eigenvalue weighted by atomic mass is 35.5. The van der Waals surface area contributed by atoms with Crippen LogP contribution in [0.3, 0.4) is 0 Å². The van der Waals surface area contributed by atoms with Crippen molar-refractivity contribution in [3.63, 3.8) is 0 Å². The highest BCUT2D eigenvalue weighted by Gasteiger charge is 2.19. The van der Waals surface area contributed by atoms with Crippen molar-refractivity contribution in [1.82, 2.24) is 9.97 Å². The van der Waals surface area contributed by atoms with Crippen LogP contribution >= 0.6 is 11.6 Å². The van der Waals surface area contributed by atoms with Gasteiger partial charge in [0.05, 0.1) is 16.0 Å². The Morgan fingerprint density at radius 3 is 2.62 bits per heavy atom. The van der Waals surface area contributed by atoms with Crippen molar-refractivity contribution in [2.45, 2.75) is 4.90 Å². The number of anilines is 2. The van der Waals surface area contributed by atoms with Gasteiger partial charge in [0.1, 0.15) is 5.65 Å². The molecule has 0 radical (unpaired) electrons. The Kier molecular flexibility index (Phi) is 4.94. The number of benzene rings is 2. The number of nitrogens with zero attached hydrogens (tertiary/aromatic N) is 2. The van der Waals surface area contributed by atoms with Crippen molar-refractivity contribution in [3.8, 4) is 11.1 Å². The summed E-state index contributed by atoms with van der Waals surface area (Å²) in [6, 6.07) is 15.8. The summed E-state index contributed by atoms with van der Waals surface area (Å²) in [4.78, 5) is 9.58. The molecule has 0 aliphatic rings. The fourth-order valence-corrected chi connectivity index (χ4v) is 4.53. The lowest BCUT2D eigenvalue weighted by Crippen LogP contribution is -2.13. The lowest BCUT2D eigenvalue weighted by molar-refractivity contribution is 0.601. The van der Waals surface area contributed by atoms with Crippen molar-refractivity contribution in [2.75, 3.05) is 23.7 Å². The molecule has 0 amide bonds. The lowest BCUT2D eigenvalue weighted by atomic mass is 10.0. The van der Waals surface area contributed by atoms with E-state index in [1.165, 1.54) is 12.1 Å². The zero-order valence-electron chi connectivity index (χ0n) is 15.8. The number of aromatic nitrogens is 2. The van der Waals surface area contributed by atoms with Crippen LogP contribution in [0.4, 0.5) is 11.4 Å². The molecular weight excluding hydrogens is 408 g/mol. The molecule has 148 valence electrons. The number of aromatic amines is 1. The number of halogens is 1. The molecule has 4 aromatic rings. The Morgan fingerprint density at radius 1 is 1.07 bits per heavy atom. The van der Waals surface area contributed by atoms with Crippen LogP contribution in [0.15, 0.2) is 71.9 Å². The first kappa shape index (κ1) is 19.3. The van der Waals surface area contributed by atoms with E-state index in [0.29, 0.717) is 21.7 Å². The molecule has 2 heterocycles. The third-order valence-corrected chi connectivity index (χ3v) is 6.20. The number of nitrogens with one attached hydrogen (secondary N) is 2. The predicted molar refractivity (Wildman–Crippen MR) is 118 cm³/mol. The third-order valence-electron chi connectivity index (χ3n) is 4.60. The number of fused-ring (bicyclic) bond motifs is 1. The van der Waals surface area contributed by atoms with Crippen molar-refractivity contribution in [3.05, 3.63) is 72.0 Å². The summed E-state index contributed by atoms with van der Waals surface area (Å²) in [5, 5.41) is 1.06. The maximum Gasteiger partial charge on any atom is 0.261 e. The highest BCUT2D eigenvalue weighted by Crippen LogP contribution is 2.35. The smallest absolute Gasteiger partial charge is 0.261 e. The SMILES string of the molecule is CN(C)c1cccc(-c2c[nH]c3nccc(NS(=O)(=O)c4cccc(Cl)c4)c23)c1. The number of rotatable bonds is 5. The second kappa shape index (κ2) is 7.42. The minimum absolute atomic E-state index is 0.0988. The van der Waals surface area contributed by atoms with Crippen molar-refractivity contribution < 1.29 is 8.42 Å². The van der Waals surface area contributed by atoms with Crippen LogP contribution in [0.5, 0.6) is 0 Å². The van der Waals surface area contributed by atoms with Gasteiger partial charge in [0.2, 0.25) is 0 Å². The Labute approximate surface area is 174 Å². The van der Waals surface area contributed by atoms with Gasteiger partial charge in [-0.15, -0.1) is 0 Å². The molecule has 6 nitrogen and oxygen atoms in total. The summed E-state index contributed by atoms with van der Waals surface area (Å²) >= 11 is 5.97. The van der Waals surface area contributed by atoms with Crippen LogP contribution in [0, 0.1) is 0 Å². The van der Waals surface area contributed by atoms with Gasteiger partial charge in [0.15, 0.2) is 0 Å². The molecule has 4 rings (SSSR count). The van der Waals surface area contributed by atoms with Crippen LogP contribution < -0.4 is 9.62 Å². The Hall–Kier alpha value is -3.03. The Bertz CT molecular complexity index is 1300. The maximum absolute atomic E-state index is 12.9. The van der Waals surface area contributed by atoms with Crippen molar-refractivity contribution >= 4 is 44.0 Å². The van der Waals surface area contributed by atoms with E-state index in [0.717, 1.165) is 16.8 Å². The van der Waals surface area contributed by atoms with E-state index in [4.69, 9.17) is 11.6 Å². The zero-order chi connectivity index (χ0) is 20.6. The predicted octanol–water partition coefficient (Wildman–Crippen LogP) is 4.75. The molecular formula is C21H19ClN4O2S. The minimum atomic E-state index is -3.81. The van der Waals surface area contributed by atoms with E-state index >= 15 is 0 Å². The second-order valence-corrected chi connectivity index (χ2v) is 8.91. The standard InChI is InChI=1S/C21H19ClN4O2S/c1-26(2)16-7-3-5-14(11-16)18-13-24-21-20(18)19(9-10-23-21)25-29(27,28)17-8-4-6-15(22)12-17/h3-13H,1-2H3,(H2,23,24,25). The first-order chi connectivity index (χ1) is 13.8. The van der Waals surface area contributed by atoms with Gasteiger partial charge in [-0.25, -0.2) is 13.4 Å². The molecule has 2 N–H and O–H groups in total. The summed E-state index contributed by atoms with van der Waals surface area (Å²) in [5.41, 5.74) is 3.91. The topological polar surface area (TPSA) is 78.1 Å². The van der Waals surface area contributed by atoms with Crippen LogP contribution in [0.2, 0.25) is 5.02 Å². The lowest BCUT2D eigenvalue weighted by Gasteiger charge is -2.14. The summed E-state index contributed by atoms with van der Waals surface area (Å²) < 4.78 is 28.5. The molecule has 2 aromatic heterocycles. The monoisotopic (exact) mass is 426 g/mol. The molecule has 0 atom stereocenters. The number of hydrogen-bond acceptors (Lipinski definition) is 4. The quantitative estimate of drug-likeness (QED) is 0.482. The average Bonchev–Trinajstić information content (AvgIpc) is 3.13. The Balaban J connectivity index is 1.83. The van der Waals surface area contributed by atoms with Gasteiger partial charge >= 0.3 is 0 Å². The largest absolute Gasteiger partial charge is 0.378 e. The molecule has 2 aromatic carbocycles. The van der Waals surface area contributed by atoms with Gasteiger partial charge < -0.3 is 9.88 Å². The summed E-state index contributed by atoms with van der Waals surface area (Å²) in [6.45, 7) is 0. The normalized spacial score (nSPS) is 11.6. The Morgan fingerprint density at radius 2 is 1.86 bits per heavy atom. The molecule has 0 bridgehead atoms. The van der Waals surface area contributed by atoms with E-state index in [1.807, 2.05) is 49.5 Å². The van der Waals surface area contributed by atoms with Crippen molar-refractivity contribution in [1.29, 1.82) is 0 Å². The van der Waals surface area contributed by atoms with Gasteiger partial charge in [0, 0.05) is 42.8 Å². The van der Waals surface area contributed by atoms with E-state index in [2.05, 4.69) is 14.7 Å². The van der Waals surface area contributed by atoms with Crippen LogP contribution in [0.25, 0.3) is 22.2 Å². The molecule has 0 spiro atoms. The maximum atomic E-state index is 12.9. The van der Waals surface area contributed by atoms with Gasteiger partial charge in [0.25, 0.3) is 10.0 Å². The minimum Gasteiger partial charge on any atom is -0.378 e. The number of H-pyrrole nitrogens is 1. The summed E-state index contributed by atoms with van der Waals surface area (Å²) in [7, 11) is 0.135. The van der Waals surface area contributed by atoms with E-state index in [1.54, 1.807) is 24.4 Å². The van der Waals surface area contributed by atoms with Crippen LogP contribution in [-0.2, 0) is 10.0 Å². The molecule has 0 aliphatic heterocycles. The molecule has 0 aliphatic carbocycles. The number of pyridine rings is 1. The second-order valence-electron chi connectivity index (χ2n) is 6.79. The summed E-state index contributed by atoms with van der Waals surface area (Å²) in [5.74, 6) is 0. The average molecular weight is 427 g/mol.